The van der Waals surface area contributed by atoms with Crippen molar-refractivity contribution in [1.82, 2.24) is 14.5 Å². The fourth-order valence-corrected chi connectivity index (χ4v) is 2.64. The van der Waals surface area contributed by atoms with Crippen LogP contribution in [0.15, 0.2) is 47.4 Å². The second-order valence-corrected chi connectivity index (χ2v) is 6.56. The number of aromatic nitrogens is 3. The van der Waals surface area contributed by atoms with Gasteiger partial charge in [-0.3, -0.25) is 4.79 Å². The molecule has 112 valence electrons. The van der Waals surface area contributed by atoms with E-state index in [9.17, 15) is 4.79 Å². The molecule has 4 nitrogen and oxygen atoms in total. The number of hydrogen-bond donors (Lipinski definition) is 0. The van der Waals surface area contributed by atoms with Crippen LogP contribution in [0.2, 0.25) is 5.02 Å². The van der Waals surface area contributed by atoms with Gasteiger partial charge in [0.2, 0.25) is 0 Å². The molecule has 0 amide bonds. The third-order valence-corrected chi connectivity index (χ3v) is 3.71. The number of fused-ring (bicyclic) bond motifs is 1. The molecule has 5 heteroatoms. The van der Waals surface area contributed by atoms with E-state index in [1.165, 1.54) is 0 Å². The minimum atomic E-state index is -0.312. The Kier molecular flexibility index (Phi) is 3.49. The van der Waals surface area contributed by atoms with E-state index < -0.39 is 0 Å². The molecule has 0 atom stereocenters. The second-order valence-electron chi connectivity index (χ2n) is 6.15. The van der Waals surface area contributed by atoms with Gasteiger partial charge in [0.1, 0.15) is 11.6 Å². The Labute approximate surface area is 133 Å². The Morgan fingerprint density at radius 1 is 1.09 bits per heavy atom. The van der Waals surface area contributed by atoms with Crippen molar-refractivity contribution in [2.75, 3.05) is 0 Å². The van der Waals surface area contributed by atoms with Crippen LogP contribution in [0.25, 0.3) is 16.7 Å². The van der Waals surface area contributed by atoms with Crippen molar-refractivity contribution < 1.29 is 0 Å². The molecule has 0 radical (unpaired) electrons. The SMILES string of the molecule is CC(C)(C)c1nc2cccc(Cl)c2c(=O)n1-c1ccccn1. The van der Waals surface area contributed by atoms with Crippen molar-refractivity contribution in [2.45, 2.75) is 26.2 Å². The van der Waals surface area contributed by atoms with Crippen molar-refractivity contribution in [1.29, 1.82) is 0 Å². The van der Waals surface area contributed by atoms with Crippen LogP contribution in [-0.2, 0) is 5.41 Å². The monoisotopic (exact) mass is 313 g/mol. The molecule has 0 saturated carbocycles. The zero-order valence-corrected chi connectivity index (χ0v) is 13.4. The van der Waals surface area contributed by atoms with Crippen LogP contribution in [0, 0.1) is 0 Å². The Morgan fingerprint density at radius 3 is 2.50 bits per heavy atom. The lowest BCUT2D eigenvalue weighted by atomic mass is 9.95. The molecule has 0 saturated heterocycles. The summed E-state index contributed by atoms with van der Waals surface area (Å²) in [6.07, 6.45) is 1.66. The highest BCUT2D eigenvalue weighted by molar-refractivity contribution is 6.35. The number of halogens is 1. The van der Waals surface area contributed by atoms with Crippen LogP contribution in [0.5, 0.6) is 0 Å². The predicted octanol–water partition coefficient (Wildman–Crippen LogP) is 3.73. The van der Waals surface area contributed by atoms with Gasteiger partial charge in [-0.25, -0.2) is 14.5 Å². The van der Waals surface area contributed by atoms with Crippen molar-refractivity contribution in [3.05, 3.63) is 63.8 Å². The Morgan fingerprint density at radius 2 is 1.86 bits per heavy atom. The van der Waals surface area contributed by atoms with Crippen LogP contribution < -0.4 is 5.56 Å². The van der Waals surface area contributed by atoms with Gasteiger partial charge in [0, 0.05) is 11.6 Å². The van der Waals surface area contributed by atoms with Gasteiger partial charge in [-0.15, -0.1) is 0 Å². The first-order valence-electron chi connectivity index (χ1n) is 7.03. The van der Waals surface area contributed by atoms with E-state index in [1.54, 1.807) is 35.0 Å². The van der Waals surface area contributed by atoms with Gasteiger partial charge in [-0.1, -0.05) is 44.5 Å². The van der Waals surface area contributed by atoms with Crippen LogP contribution in [-0.4, -0.2) is 14.5 Å². The highest BCUT2D eigenvalue weighted by Gasteiger charge is 2.24. The lowest BCUT2D eigenvalue weighted by molar-refractivity contribution is 0.524. The van der Waals surface area contributed by atoms with Crippen molar-refractivity contribution in [3.63, 3.8) is 0 Å². The van der Waals surface area contributed by atoms with Gasteiger partial charge in [0.25, 0.3) is 5.56 Å². The van der Waals surface area contributed by atoms with Gasteiger partial charge in [0.15, 0.2) is 0 Å². The maximum atomic E-state index is 13.0. The molecule has 1 aromatic carbocycles. The maximum absolute atomic E-state index is 13.0. The largest absolute Gasteiger partial charge is 0.268 e. The van der Waals surface area contributed by atoms with Crippen LogP contribution in [0.4, 0.5) is 0 Å². The molecule has 0 aliphatic rings. The zero-order valence-electron chi connectivity index (χ0n) is 12.7. The fourth-order valence-electron chi connectivity index (χ4n) is 2.39. The molecule has 22 heavy (non-hydrogen) atoms. The topological polar surface area (TPSA) is 47.8 Å². The van der Waals surface area contributed by atoms with Crippen molar-refractivity contribution >= 4 is 22.5 Å². The van der Waals surface area contributed by atoms with Crippen molar-refractivity contribution in [2.24, 2.45) is 0 Å². The first-order valence-corrected chi connectivity index (χ1v) is 7.40. The van der Waals surface area contributed by atoms with Crippen LogP contribution in [0.3, 0.4) is 0 Å². The molecular formula is C17H16ClN3O. The molecule has 0 aliphatic heterocycles. The summed E-state index contributed by atoms with van der Waals surface area (Å²) in [6.45, 7) is 6.06. The fraction of sp³-hybridized carbons (Fsp3) is 0.235. The van der Waals surface area contributed by atoms with Gasteiger partial charge in [0.05, 0.1) is 15.9 Å². The number of benzene rings is 1. The normalized spacial score (nSPS) is 11.8. The number of pyridine rings is 1. The first kappa shape index (κ1) is 14.7. The second kappa shape index (κ2) is 5.21. The molecule has 0 aliphatic carbocycles. The Balaban J connectivity index is 2.50. The smallest absolute Gasteiger partial charge is 0.268 e. The molecular weight excluding hydrogens is 298 g/mol. The summed E-state index contributed by atoms with van der Waals surface area (Å²) in [5, 5.41) is 0.822. The molecule has 0 bridgehead atoms. The highest BCUT2D eigenvalue weighted by Crippen LogP contribution is 2.25. The molecule has 0 N–H and O–H groups in total. The van der Waals surface area contributed by atoms with Crippen LogP contribution >= 0.6 is 11.6 Å². The average molecular weight is 314 g/mol. The van der Waals surface area contributed by atoms with Crippen molar-refractivity contribution in [3.8, 4) is 5.82 Å². The van der Waals surface area contributed by atoms with E-state index in [-0.39, 0.29) is 11.0 Å². The van der Waals surface area contributed by atoms with E-state index in [1.807, 2.05) is 32.9 Å². The van der Waals surface area contributed by atoms with Gasteiger partial charge in [-0.05, 0) is 24.3 Å². The Bertz CT molecular complexity index is 895. The minimum absolute atomic E-state index is 0.195. The summed E-state index contributed by atoms with van der Waals surface area (Å²) in [4.78, 5) is 22.0. The van der Waals surface area contributed by atoms with Gasteiger partial charge < -0.3 is 0 Å². The summed E-state index contributed by atoms with van der Waals surface area (Å²) in [7, 11) is 0. The average Bonchev–Trinajstić information content (AvgIpc) is 2.47. The summed E-state index contributed by atoms with van der Waals surface area (Å²) in [6, 6.07) is 10.8. The molecule has 0 unspecified atom stereocenters. The van der Waals surface area contributed by atoms with Crippen LogP contribution in [0.1, 0.15) is 26.6 Å². The standard InChI is InChI=1S/C17H16ClN3O/c1-17(2,3)16-20-12-8-6-7-11(18)14(12)15(22)21(16)13-9-4-5-10-19-13/h4-10H,1-3H3. The summed E-state index contributed by atoms with van der Waals surface area (Å²) in [5.74, 6) is 1.21. The quantitative estimate of drug-likeness (QED) is 0.687. The summed E-state index contributed by atoms with van der Waals surface area (Å²) < 4.78 is 1.55. The van der Waals surface area contributed by atoms with Gasteiger partial charge in [-0.2, -0.15) is 0 Å². The maximum Gasteiger partial charge on any atom is 0.268 e. The molecule has 3 aromatic rings. The highest BCUT2D eigenvalue weighted by atomic mass is 35.5. The third kappa shape index (κ3) is 2.40. The molecule has 3 rings (SSSR count). The van der Waals surface area contributed by atoms with E-state index >= 15 is 0 Å². The lowest BCUT2D eigenvalue weighted by Gasteiger charge is -2.23. The lowest BCUT2D eigenvalue weighted by Crippen LogP contribution is -2.31. The third-order valence-electron chi connectivity index (χ3n) is 3.40. The molecule has 0 spiro atoms. The molecule has 2 heterocycles. The van der Waals surface area contributed by atoms with E-state index in [2.05, 4.69) is 9.97 Å². The van der Waals surface area contributed by atoms with E-state index in [0.717, 1.165) is 0 Å². The van der Waals surface area contributed by atoms with E-state index in [4.69, 9.17) is 11.6 Å². The molecule has 2 aromatic heterocycles. The minimum Gasteiger partial charge on any atom is -0.268 e. The van der Waals surface area contributed by atoms with Gasteiger partial charge >= 0.3 is 0 Å². The predicted molar refractivity (Wildman–Crippen MR) is 88.8 cm³/mol. The number of rotatable bonds is 1. The summed E-state index contributed by atoms with van der Waals surface area (Å²) >= 11 is 6.21. The molecule has 0 fully saturated rings. The zero-order chi connectivity index (χ0) is 15.9. The number of hydrogen-bond acceptors (Lipinski definition) is 3. The first-order chi connectivity index (χ1) is 10.4. The van der Waals surface area contributed by atoms with E-state index in [0.29, 0.717) is 27.6 Å². The summed E-state index contributed by atoms with van der Waals surface area (Å²) in [5.41, 5.74) is 0.0986. The Hall–Kier alpha value is -2.20. The number of nitrogens with zero attached hydrogens (tertiary/aromatic N) is 3.